The van der Waals surface area contributed by atoms with Gasteiger partial charge in [-0.2, -0.15) is 4.31 Å². The summed E-state index contributed by atoms with van der Waals surface area (Å²) >= 11 is 0. The van der Waals surface area contributed by atoms with Crippen LogP contribution in [0.4, 0.5) is 0 Å². The summed E-state index contributed by atoms with van der Waals surface area (Å²) in [4.78, 5) is 12.6. The lowest BCUT2D eigenvalue weighted by atomic mass is 10.1. The molecule has 5 nitrogen and oxygen atoms in total. The Morgan fingerprint density at radius 1 is 1.00 bits per heavy atom. The minimum Gasteiger partial charge on any atom is -0.350 e. The number of hydrogen-bond acceptors (Lipinski definition) is 3. The molecule has 0 saturated heterocycles. The Morgan fingerprint density at radius 2 is 1.59 bits per heavy atom. The summed E-state index contributed by atoms with van der Waals surface area (Å²) in [5.41, 5.74) is 1.70. The normalized spacial score (nSPS) is 12.7. The quantitative estimate of drug-likeness (QED) is 0.715. The van der Waals surface area contributed by atoms with Crippen LogP contribution in [0.3, 0.4) is 0 Å². The van der Waals surface area contributed by atoms with Gasteiger partial charge in [-0.1, -0.05) is 44.2 Å². The van der Waals surface area contributed by atoms with Crippen LogP contribution in [0.5, 0.6) is 0 Å². The van der Waals surface area contributed by atoms with E-state index in [1.807, 2.05) is 25.1 Å². The summed E-state index contributed by atoms with van der Waals surface area (Å²) in [5.74, 6) is -0.192. The smallest absolute Gasteiger partial charge is 0.251 e. The van der Waals surface area contributed by atoms with E-state index in [2.05, 4.69) is 17.4 Å². The van der Waals surface area contributed by atoms with E-state index in [0.717, 1.165) is 12.8 Å². The lowest BCUT2D eigenvalue weighted by Crippen LogP contribution is -2.33. The zero-order valence-corrected chi connectivity index (χ0v) is 17.0. The van der Waals surface area contributed by atoms with Crippen molar-refractivity contribution in [3.8, 4) is 0 Å². The molecule has 146 valence electrons. The predicted octanol–water partition coefficient (Wildman–Crippen LogP) is 3.47. The minimum absolute atomic E-state index is 0.0248. The van der Waals surface area contributed by atoms with Gasteiger partial charge in [-0.05, 0) is 49.6 Å². The average Bonchev–Trinajstić information content (AvgIpc) is 2.68. The van der Waals surface area contributed by atoms with Crippen molar-refractivity contribution in [3.05, 3.63) is 65.7 Å². The Kier molecular flexibility index (Phi) is 7.56. The van der Waals surface area contributed by atoms with Gasteiger partial charge in [-0.25, -0.2) is 8.42 Å². The molecule has 0 spiro atoms. The molecular weight excluding hydrogens is 360 g/mol. The maximum Gasteiger partial charge on any atom is 0.251 e. The fraction of sp³-hybridized carbons (Fsp3) is 0.381. The molecule has 1 amide bonds. The first-order chi connectivity index (χ1) is 12.9. The minimum atomic E-state index is -3.50. The number of rotatable bonds is 9. The predicted molar refractivity (Wildman–Crippen MR) is 108 cm³/mol. The van der Waals surface area contributed by atoms with Gasteiger partial charge in [0.15, 0.2) is 0 Å². The van der Waals surface area contributed by atoms with E-state index >= 15 is 0 Å². The fourth-order valence-electron chi connectivity index (χ4n) is 2.90. The van der Waals surface area contributed by atoms with E-state index in [-0.39, 0.29) is 16.8 Å². The zero-order chi connectivity index (χ0) is 19.9. The third-order valence-corrected chi connectivity index (χ3v) is 6.61. The highest BCUT2D eigenvalue weighted by atomic mass is 32.2. The van der Waals surface area contributed by atoms with Crippen molar-refractivity contribution < 1.29 is 13.2 Å². The van der Waals surface area contributed by atoms with Gasteiger partial charge in [-0.3, -0.25) is 4.79 Å². The summed E-state index contributed by atoms with van der Waals surface area (Å²) in [6.45, 7) is 6.42. The average molecular weight is 389 g/mol. The Hall–Kier alpha value is -2.18. The Labute approximate surface area is 162 Å². The number of amides is 1. The molecule has 6 heteroatoms. The summed E-state index contributed by atoms with van der Waals surface area (Å²) < 4.78 is 26.4. The largest absolute Gasteiger partial charge is 0.350 e. The highest BCUT2D eigenvalue weighted by Gasteiger charge is 2.21. The maximum atomic E-state index is 12.5. The van der Waals surface area contributed by atoms with Crippen molar-refractivity contribution in [1.29, 1.82) is 0 Å². The summed E-state index contributed by atoms with van der Waals surface area (Å²) in [6, 6.07) is 16.3. The van der Waals surface area contributed by atoms with Crippen LogP contribution in [0, 0.1) is 0 Å². The topological polar surface area (TPSA) is 66.5 Å². The van der Waals surface area contributed by atoms with Gasteiger partial charge in [0.05, 0.1) is 4.90 Å². The van der Waals surface area contributed by atoms with Gasteiger partial charge in [0.2, 0.25) is 10.0 Å². The number of benzene rings is 2. The molecule has 0 aliphatic rings. The number of sulfonamides is 1. The molecule has 0 aromatic heterocycles. The number of nitrogens with one attached hydrogen (secondary N) is 1. The van der Waals surface area contributed by atoms with Crippen LogP contribution >= 0.6 is 0 Å². The highest BCUT2D eigenvalue weighted by Crippen LogP contribution is 2.16. The van der Waals surface area contributed by atoms with Crippen LogP contribution in [0.1, 0.15) is 43.1 Å². The van der Waals surface area contributed by atoms with Gasteiger partial charge in [0.25, 0.3) is 5.91 Å². The van der Waals surface area contributed by atoms with Gasteiger partial charge in [0.1, 0.15) is 0 Å². The molecule has 2 rings (SSSR count). The van der Waals surface area contributed by atoms with Crippen LogP contribution in [0.15, 0.2) is 59.5 Å². The van der Waals surface area contributed by atoms with E-state index in [1.54, 1.807) is 26.0 Å². The molecule has 1 N–H and O–H groups in total. The molecule has 0 aliphatic heterocycles. The monoisotopic (exact) mass is 388 g/mol. The summed E-state index contributed by atoms with van der Waals surface area (Å²) in [6.07, 6.45) is 1.73. The van der Waals surface area contributed by atoms with Crippen LogP contribution in [-0.4, -0.2) is 37.8 Å². The van der Waals surface area contributed by atoms with Crippen molar-refractivity contribution in [2.45, 2.75) is 44.6 Å². The zero-order valence-electron chi connectivity index (χ0n) is 16.2. The molecular formula is C21H28N2O3S. The van der Waals surface area contributed by atoms with E-state index in [0.29, 0.717) is 18.7 Å². The van der Waals surface area contributed by atoms with Crippen molar-refractivity contribution in [3.63, 3.8) is 0 Å². The Morgan fingerprint density at radius 3 is 2.15 bits per heavy atom. The molecule has 2 aromatic carbocycles. The van der Waals surface area contributed by atoms with Crippen molar-refractivity contribution >= 4 is 15.9 Å². The number of carbonyl (C=O) groups is 1. The van der Waals surface area contributed by atoms with E-state index < -0.39 is 10.0 Å². The first-order valence-electron chi connectivity index (χ1n) is 9.33. The number of hydrogen-bond donors (Lipinski definition) is 1. The third-order valence-electron chi connectivity index (χ3n) is 4.55. The second-order valence-electron chi connectivity index (χ2n) is 6.51. The van der Waals surface area contributed by atoms with Crippen molar-refractivity contribution in [2.24, 2.45) is 0 Å². The molecule has 0 radical (unpaired) electrons. The molecule has 1 atom stereocenters. The molecule has 0 fully saturated rings. The molecule has 0 saturated carbocycles. The third kappa shape index (κ3) is 5.65. The number of carbonyl (C=O) groups excluding carboxylic acids is 1. The lowest BCUT2D eigenvalue weighted by molar-refractivity contribution is 0.0938. The van der Waals surface area contributed by atoms with E-state index in [4.69, 9.17) is 0 Å². The van der Waals surface area contributed by atoms with Gasteiger partial charge in [0, 0.05) is 24.7 Å². The second-order valence-corrected chi connectivity index (χ2v) is 8.45. The van der Waals surface area contributed by atoms with Gasteiger partial charge < -0.3 is 5.32 Å². The van der Waals surface area contributed by atoms with Crippen molar-refractivity contribution in [2.75, 3.05) is 13.1 Å². The molecule has 0 heterocycles. The maximum absolute atomic E-state index is 12.5. The molecule has 27 heavy (non-hydrogen) atoms. The first-order valence-corrected chi connectivity index (χ1v) is 10.8. The molecule has 1 unspecified atom stereocenters. The van der Waals surface area contributed by atoms with Crippen LogP contribution in [0.25, 0.3) is 0 Å². The van der Waals surface area contributed by atoms with Gasteiger partial charge in [-0.15, -0.1) is 0 Å². The summed E-state index contributed by atoms with van der Waals surface area (Å²) in [5, 5.41) is 2.97. The number of nitrogens with zero attached hydrogens (tertiary/aromatic N) is 1. The lowest BCUT2D eigenvalue weighted by Gasteiger charge is -2.18. The van der Waals surface area contributed by atoms with Gasteiger partial charge >= 0.3 is 0 Å². The SMILES string of the molecule is CCN(CC)S(=O)(=O)c1ccc(C(=O)NC(C)CCc2ccccc2)cc1. The Balaban J connectivity index is 1.97. The van der Waals surface area contributed by atoms with Crippen LogP contribution in [0.2, 0.25) is 0 Å². The van der Waals surface area contributed by atoms with Crippen molar-refractivity contribution in [1.82, 2.24) is 9.62 Å². The standard InChI is InChI=1S/C21H28N2O3S/c1-4-23(5-2)27(25,26)20-15-13-19(14-16-20)21(24)22-17(3)11-12-18-9-7-6-8-10-18/h6-10,13-17H,4-5,11-12H2,1-3H3,(H,22,24). The van der Waals surface area contributed by atoms with Crippen LogP contribution in [-0.2, 0) is 16.4 Å². The fourth-order valence-corrected chi connectivity index (χ4v) is 4.36. The van der Waals surface area contributed by atoms with E-state index in [1.165, 1.54) is 22.0 Å². The van der Waals surface area contributed by atoms with Crippen LogP contribution < -0.4 is 5.32 Å². The molecule has 0 aliphatic carbocycles. The van der Waals surface area contributed by atoms with E-state index in [9.17, 15) is 13.2 Å². The number of aryl methyl sites for hydroxylation is 1. The second kappa shape index (κ2) is 9.67. The highest BCUT2D eigenvalue weighted by molar-refractivity contribution is 7.89. The Bertz CT molecular complexity index is 829. The molecule has 2 aromatic rings. The first kappa shape index (κ1) is 21.1. The molecule has 0 bridgehead atoms. The summed E-state index contributed by atoms with van der Waals surface area (Å²) in [7, 11) is -3.50.